The predicted molar refractivity (Wildman–Crippen MR) is 87.9 cm³/mol. The van der Waals surface area contributed by atoms with E-state index < -0.39 is 10.0 Å². The van der Waals surface area contributed by atoms with Crippen LogP contribution < -0.4 is 10.0 Å². The average molecular weight is 312 g/mol. The fraction of sp³-hybridized carbons (Fsp3) is 0.625. The lowest BCUT2D eigenvalue weighted by Gasteiger charge is -2.16. The molecule has 0 aliphatic heterocycles. The van der Waals surface area contributed by atoms with E-state index in [1.54, 1.807) is 6.07 Å². The molecule has 120 valence electrons. The molecule has 1 aromatic carbocycles. The molecule has 0 aliphatic carbocycles. The van der Waals surface area contributed by atoms with Gasteiger partial charge in [-0.2, -0.15) is 0 Å². The summed E-state index contributed by atoms with van der Waals surface area (Å²) in [5.41, 5.74) is 2.93. The molecular formula is C16H28N2O2S. The third-order valence-electron chi connectivity index (χ3n) is 3.31. The number of hydrogen-bond donors (Lipinski definition) is 2. The Kier molecular flexibility index (Phi) is 6.38. The summed E-state index contributed by atoms with van der Waals surface area (Å²) >= 11 is 0. The van der Waals surface area contributed by atoms with E-state index >= 15 is 0 Å². The summed E-state index contributed by atoms with van der Waals surface area (Å²) in [7, 11) is -3.44. The molecule has 0 bridgehead atoms. The highest BCUT2D eigenvalue weighted by Crippen LogP contribution is 2.20. The molecule has 0 saturated carbocycles. The molecular weight excluding hydrogens is 284 g/mol. The first kappa shape index (κ1) is 18.1. The number of benzene rings is 1. The summed E-state index contributed by atoms with van der Waals surface area (Å²) in [5, 5.41) is 3.34. The van der Waals surface area contributed by atoms with Crippen LogP contribution in [-0.4, -0.2) is 21.0 Å². The molecule has 21 heavy (non-hydrogen) atoms. The van der Waals surface area contributed by atoms with Crippen LogP contribution in [0.15, 0.2) is 17.0 Å². The van der Waals surface area contributed by atoms with Gasteiger partial charge in [0.15, 0.2) is 0 Å². The van der Waals surface area contributed by atoms with Gasteiger partial charge in [0, 0.05) is 19.1 Å². The van der Waals surface area contributed by atoms with Gasteiger partial charge >= 0.3 is 0 Å². The minimum atomic E-state index is -3.44. The number of hydrogen-bond acceptors (Lipinski definition) is 3. The predicted octanol–water partition coefficient (Wildman–Crippen LogP) is 2.74. The van der Waals surface area contributed by atoms with Crippen LogP contribution >= 0.6 is 0 Å². The van der Waals surface area contributed by atoms with Crippen molar-refractivity contribution in [3.63, 3.8) is 0 Å². The maximum absolute atomic E-state index is 12.4. The van der Waals surface area contributed by atoms with Gasteiger partial charge in [-0.25, -0.2) is 13.1 Å². The van der Waals surface area contributed by atoms with Crippen molar-refractivity contribution < 1.29 is 8.42 Å². The zero-order chi connectivity index (χ0) is 16.2. The van der Waals surface area contributed by atoms with Gasteiger partial charge in [0.25, 0.3) is 0 Å². The quantitative estimate of drug-likeness (QED) is 0.814. The summed E-state index contributed by atoms with van der Waals surface area (Å²) in [4.78, 5) is 0.384. The first-order chi connectivity index (χ1) is 9.63. The first-order valence-electron chi connectivity index (χ1n) is 7.46. The van der Waals surface area contributed by atoms with E-state index in [1.807, 2.05) is 33.8 Å². The van der Waals surface area contributed by atoms with Crippen LogP contribution in [0.25, 0.3) is 0 Å². The van der Waals surface area contributed by atoms with Gasteiger partial charge in [-0.1, -0.05) is 33.8 Å². The van der Waals surface area contributed by atoms with Crippen molar-refractivity contribution in [3.05, 3.63) is 28.8 Å². The summed E-state index contributed by atoms with van der Waals surface area (Å²) in [6, 6.07) is 4.11. The van der Waals surface area contributed by atoms with Crippen LogP contribution in [0.5, 0.6) is 0 Å². The number of sulfonamides is 1. The van der Waals surface area contributed by atoms with Crippen molar-refractivity contribution in [3.8, 4) is 0 Å². The Morgan fingerprint density at radius 3 is 2.19 bits per heavy atom. The van der Waals surface area contributed by atoms with Crippen molar-refractivity contribution >= 4 is 10.0 Å². The van der Waals surface area contributed by atoms with Crippen LogP contribution in [0, 0.1) is 19.8 Å². The molecule has 1 aromatic rings. The summed E-state index contributed by atoms with van der Waals surface area (Å²) < 4.78 is 27.5. The molecule has 0 aromatic heterocycles. The molecule has 5 heteroatoms. The second-order valence-corrected chi connectivity index (χ2v) is 8.06. The van der Waals surface area contributed by atoms with Crippen LogP contribution in [-0.2, 0) is 16.6 Å². The molecule has 0 amide bonds. The van der Waals surface area contributed by atoms with E-state index in [9.17, 15) is 8.42 Å². The molecule has 0 radical (unpaired) electrons. The zero-order valence-electron chi connectivity index (χ0n) is 13.9. The Morgan fingerprint density at radius 2 is 1.67 bits per heavy atom. The number of aryl methyl sites for hydroxylation is 2. The lowest BCUT2D eigenvalue weighted by atomic mass is 10.1. The fourth-order valence-electron chi connectivity index (χ4n) is 2.02. The Labute approximate surface area is 129 Å². The van der Waals surface area contributed by atoms with E-state index in [2.05, 4.69) is 23.9 Å². The van der Waals surface area contributed by atoms with E-state index in [0.717, 1.165) is 16.7 Å². The molecule has 0 saturated heterocycles. The van der Waals surface area contributed by atoms with Crippen molar-refractivity contribution in [2.75, 3.05) is 6.54 Å². The normalized spacial score (nSPS) is 12.4. The van der Waals surface area contributed by atoms with Gasteiger partial charge in [0.2, 0.25) is 10.0 Å². The molecule has 4 nitrogen and oxygen atoms in total. The topological polar surface area (TPSA) is 58.2 Å². The smallest absolute Gasteiger partial charge is 0.240 e. The highest BCUT2D eigenvalue weighted by atomic mass is 32.2. The average Bonchev–Trinajstić information content (AvgIpc) is 2.35. The number of nitrogens with one attached hydrogen (secondary N) is 2. The Balaban J connectivity index is 3.09. The zero-order valence-corrected chi connectivity index (χ0v) is 14.8. The van der Waals surface area contributed by atoms with Gasteiger partial charge in [-0.15, -0.1) is 0 Å². The summed E-state index contributed by atoms with van der Waals surface area (Å²) in [6.07, 6.45) is 0. The van der Waals surface area contributed by atoms with Crippen molar-refractivity contribution in [2.24, 2.45) is 5.92 Å². The van der Waals surface area contributed by atoms with E-state index in [4.69, 9.17) is 0 Å². The lowest BCUT2D eigenvalue weighted by Crippen LogP contribution is -2.28. The van der Waals surface area contributed by atoms with E-state index in [-0.39, 0.29) is 5.92 Å². The van der Waals surface area contributed by atoms with E-state index in [0.29, 0.717) is 24.0 Å². The van der Waals surface area contributed by atoms with Crippen molar-refractivity contribution in [1.29, 1.82) is 0 Å². The maximum atomic E-state index is 12.4. The lowest BCUT2D eigenvalue weighted by molar-refractivity contribution is 0.558. The Morgan fingerprint density at radius 1 is 1.05 bits per heavy atom. The monoisotopic (exact) mass is 312 g/mol. The summed E-state index contributed by atoms with van der Waals surface area (Å²) in [5.74, 6) is 0.285. The van der Waals surface area contributed by atoms with Gasteiger partial charge < -0.3 is 5.32 Å². The fourth-order valence-corrected chi connectivity index (χ4v) is 3.51. The Hall–Kier alpha value is -0.910. The van der Waals surface area contributed by atoms with Crippen LogP contribution in [0.2, 0.25) is 0 Å². The van der Waals surface area contributed by atoms with E-state index in [1.165, 1.54) is 0 Å². The molecule has 1 rings (SSSR count). The third kappa shape index (κ3) is 5.41. The maximum Gasteiger partial charge on any atom is 0.240 e. The molecule has 0 fully saturated rings. The number of rotatable bonds is 7. The standard InChI is InChI=1S/C16H28N2O2S/c1-11(2)9-18-21(19,20)16-8-15(10-17-12(3)4)13(5)7-14(16)6/h7-8,11-12,17-18H,9-10H2,1-6H3. The van der Waals surface area contributed by atoms with Gasteiger partial charge in [0.1, 0.15) is 0 Å². The second kappa shape index (κ2) is 7.38. The molecule has 0 heterocycles. The van der Waals surface area contributed by atoms with Crippen molar-refractivity contribution in [1.82, 2.24) is 10.0 Å². The van der Waals surface area contributed by atoms with Gasteiger partial charge in [-0.3, -0.25) is 0 Å². The van der Waals surface area contributed by atoms with Crippen LogP contribution in [0.1, 0.15) is 44.4 Å². The highest BCUT2D eigenvalue weighted by molar-refractivity contribution is 7.89. The minimum Gasteiger partial charge on any atom is -0.310 e. The molecule has 0 atom stereocenters. The first-order valence-corrected chi connectivity index (χ1v) is 8.95. The second-order valence-electron chi connectivity index (χ2n) is 6.33. The third-order valence-corrected chi connectivity index (χ3v) is 4.87. The SMILES string of the molecule is Cc1cc(C)c(S(=O)(=O)NCC(C)C)cc1CNC(C)C. The van der Waals surface area contributed by atoms with Gasteiger partial charge in [-0.05, 0) is 42.5 Å². The molecule has 2 N–H and O–H groups in total. The molecule has 0 aliphatic rings. The molecule has 0 spiro atoms. The largest absolute Gasteiger partial charge is 0.310 e. The highest BCUT2D eigenvalue weighted by Gasteiger charge is 2.18. The molecule has 0 unspecified atom stereocenters. The Bertz CT molecular complexity index is 578. The van der Waals surface area contributed by atoms with Crippen LogP contribution in [0.4, 0.5) is 0 Å². The minimum absolute atomic E-state index is 0.285. The summed E-state index contributed by atoms with van der Waals surface area (Å²) in [6.45, 7) is 13.1. The van der Waals surface area contributed by atoms with Crippen molar-refractivity contribution in [2.45, 2.75) is 59.0 Å². The van der Waals surface area contributed by atoms with Crippen LogP contribution in [0.3, 0.4) is 0 Å². The van der Waals surface area contributed by atoms with Gasteiger partial charge in [0.05, 0.1) is 4.90 Å².